The van der Waals surface area contributed by atoms with Crippen LogP contribution in [-0.2, 0) is 6.42 Å². The fraction of sp³-hybridized carbons (Fsp3) is 0.714. The van der Waals surface area contributed by atoms with Crippen molar-refractivity contribution in [2.45, 2.75) is 46.0 Å². The summed E-state index contributed by atoms with van der Waals surface area (Å²) >= 11 is 6.26. The van der Waals surface area contributed by atoms with Crippen molar-refractivity contribution in [1.82, 2.24) is 9.97 Å². The highest BCUT2D eigenvalue weighted by molar-refractivity contribution is 6.30. The Morgan fingerprint density at radius 1 is 1.28 bits per heavy atom. The third-order valence-corrected chi connectivity index (χ3v) is 4.63. The monoisotopic (exact) mass is 265 g/mol. The average Bonchev–Trinajstić information content (AvgIpc) is 3.07. The lowest BCUT2D eigenvalue weighted by Gasteiger charge is -2.35. The van der Waals surface area contributed by atoms with Gasteiger partial charge in [-0.25, -0.2) is 9.97 Å². The number of nitrogens with zero attached hydrogens (tertiary/aromatic N) is 3. The largest absolute Gasteiger partial charge is 0.356 e. The van der Waals surface area contributed by atoms with Gasteiger partial charge < -0.3 is 4.90 Å². The van der Waals surface area contributed by atoms with Gasteiger partial charge in [0.1, 0.15) is 16.8 Å². The standard InChI is InChI=1S/C14H20ClN3/c1-3-11-12(15)16-10(2)17-13(11)18-8-4-5-14(9-18)6-7-14/h3-9H2,1-2H3. The molecule has 0 N–H and O–H groups in total. The van der Waals surface area contributed by atoms with Crippen molar-refractivity contribution in [3.05, 3.63) is 16.5 Å². The van der Waals surface area contributed by atoms with E-state index in [0.29, 0.717) is 10.6 Å². The number of aryl methyl sites for hydroxylation is 1. The summed E-state index contributed by atoms with van der Waals surface area (Å²) in [6, 6.07) is 0. The van der Waals surface area contributed by atoms with Crippen molar-refractivity contribution in [3.8, 4) is 0 Å². The minimum atomic E-state index is 0.606. The summed E-state index contributed by atoms with van der Waals surface area (Å²) in [7, 11) is 0. The van der Waals surface area contributed by atoms with E-state index in [2.05, 4.69) is 21.8 Å². The smallest absolute Gasteiger partial charge is 0.138 e. The second-order valence-electron chi connectivity index (χ2n) is 5.74. The summed E-state index contributed by atoms with van der Waals surface area (Å²) in [5, 5.41) is 0.635. The minimum Gasteiger partial charge on any atom is -0.356 e. The zero-order valence-corrected chi connectivity index (χ0v) is 11.9. The lowest BCUT2D eigenvalue weighted by Crippen LogP contribution is -2.37. The van der Waals surface area contributed by atoms with Crippen LogP contribution in [0.1, 0.15) is 44.0 Å². The third kappa shape index (κ3) is 2.09. The van der Waals surface area contributed by atoms with E-state index >= 15 is 0 Å². The molecule has 18 heavy (non-hydrogen) atoms. The quantitative estimate of drug-likeness (QED) is 0.768. The lowest BCUT2D eigenvalue weighted by molar-refractivity contribution is 0.393. The predicted molar refractivity (Wildman–Crippen MR) is 74.3 cm³/mol. The van der Waals surface area contributed by atoms with E-state index in [4.69, 9.17) is 11.6 Å². The SMILES string of the molecule is CCc1c(Cl)nc(C)nc1N1CCCC2(CC2)C1. The van der Waals surface area contributed by atoms with Gasteiger partial charge in [-0.3, -0.25) is 0 Å². The molecule has 3 rings (SSSR count). The Morgan fingerprint density at radius 2 is 2.06 bits per heavy atom. The molecule has 1 saturated heterocycles. The molecule has 0 bridgehead atoms. The molecule has 2 aliphatic rings. The number of rotatable bonds is 2. The van der Waals surface area contributed by atoms with Gasteiger partial charge in [-0.15, -0.1) is 0 Å². The first-order valence-electron chi connectivity index (χ1n) is 6.91. The van der Waals surface area contributed by atoms with Gasteiger partial charge in [0.15, 0.2) is 0 Å². The van der Waals surface area contributed by atoms with Crippen LogP contribution in [0.15, 0.2) is 0 Å². The molecule has 0 amide bonds. The maximum atomic E-state index is 6.26. The molecule has 1 spiro atoms. The van der Waals surface area contributed by atoms with Crippen LogP contribution in [0, 0.1) is 12.3 Å². The molecule has 1 saturated carbocycles. The van der Waals surface area contributed by atoms with Crippen LogP contribution in [-0.4, -0.2) is 23.1 Å². The number of anilines is 1. The van der Waals surface area contributed by atoms with Gasteiger partial charge in [-0.1, -0.05) is 18.5 Å². The Kier molecular flexibility index (Phi) is 2.97. The number of aromatic nitrogens is 2. The van der Waals surface area contributed by atoms with Crippen molar-refractivity contribution < 1.29 is 0 Å². The van der Waals surface area contributed by atoms with Crippen LogP contribution in [0.4, 0.5) is 5.82 Å². The molecule has 1 aromatic heterocycles. The number of piperidine rings is 1. The fourth-order valence-electron chi connectivity index (χ4n) is 3.09. The summed E-state index contributed by atoms with van der Waals surface area (Å²) in [4.78, 5) is 11.4. The van der Waals surface area contributed by atoms with Crippen molar-refractivity contribution in [2.75, 3.05) is 18.0 Å². The molecule has 2 fully saturated rings. The highest BCUT2D eigenvalue weighted by atomic mass is 35.5. The van der Waals surface area contributed by atoms with E-state index in [1.807, 2.05) is 6.92 Å². The third-order valence-electron chi connectivity index (χ3n) is 4.32. The Balaban J connectivity index is 1.95. The molecule has 0 unspecified atom stereocenters. The number of hydrogen-bond donors (Lipinski definition) is 0. The summed E-state index contributed by atoms with van der Waals surface area (Å²) in [6.45, 7) is 6.32. The van der Waals surface area contributed by atoms with E-state index in [1.54, 1.807) is 0 Å². The van der Waals surface area contributed by atoms with Gasteiger partial charge in [0.25, 0.3) is 0 Å². The Morgan fingerprint density at radius 3 is 2.72 bits per heavy atom. The highest BCUT2D eigenvalue weighted by Gasteiger charge is 2.45. The number of hydrogen-bond acceptors (Lipinski definition) is 3. The second-order valence-corrected chi connectivity index (χ2v) is 6.10. The highest BCUT2D eigenvalue weighted by Crippen LogP contribution is 2.52. The van der Waals surface area contributed by atoms with Gasteiger partial charge >= 0.3 is 0 Å². The molecule has 0 atom stereocenters. The first-order valence-corrected chi connectivity index (χ1v) is 7.29. The molecule has 0 aromatic carbocycles. The molecule has 0 radical (unpaired) electrons. The van der Waals surface area contributed by atoms with Gasteiger partial charge in [0.2, 0.25) is 0 Å². The maximum absolute atomic E-state index is 6.26. The molecule has 3 nitrogen and oxygen atoms in total. The molecule has 2 heterocycles. The second kappa shape index (κ2) is 4.37. The van der Waals surface area contributed by atoms with Crippen molar-refractivity contribution in [2.24, 2.45) is 5.41 Å². The van der Waals surface area contributed by atoms with Gasteiger partial charge in [-0.05, 0) is 44.4 Å². The molecule has 1 aliphatic heterocycles. The Labute approximate surface area is 114 Å². The zero-order chi connectivity index (χ0) is 12.8. The summed E-state index contributed by atoms with van der Waals surface area (Å²) in [6.07, 6.45) is 6.36. The average molecular weight is 266 g/mol. The summed E-state index contributed by atoms with van der Waals surface area (Å²) < 4.78 is 0. The van der Waals surface area contributed by atoms with E-state index in [-0.39, 0.29) is 0 Å². The van der Waals surface area contributed by atoms with Crippen LogP contribution >= 0.6 is 11.6 Å². The molecular formula is C14H20ClN3. The first-order chi connectivity index (χ1) is 8.63. The van der Waals surface area contributed by atoms with Crippen molar-refractivity contribution in [3.63, 3.8) is 0 Å². The van der Waals surface area contributed by atoms with Crippen LogP contribution in [0.25, 0.3) is 0 Å². The first kappa shape index (κ1) is 12.2. The lowest BCUT2D eigenvalue weighted by atomic mass is 9.95. The normalized spacial score (nSPS) is 21.4. The van der Waals surface area contributed by atoms with Gasteiger partial charge in [0, 0.05) is 18.7 Å². The van der Waals surface area contributed by atoms with Crippen LogP contribution in [0.3, 0.4) is 0 Å². The predicted octanol–water partition coefficient (Wildman–Crippen LogP) is 3.38. The van der Waals surface area contributed by atoms with Crippen LogP contribution in [0.2, 0.25) is 5.15 Å². The van der Waals surface area contributed by atoms with Crippen LogP contribution in [0.5, 0.6) is 0 Å². The summed E-state index contributed by atoms with van der Waals surface area (Å²) in [5.74, 6) is 1.86. The molecular weight excluding hydrogens is 246 g/mol. The maximum Gasteiger partial charge on any atom is 0.138 e. The van der Waals surface area contributed by atoms with E-state index in [0.717, 1.165) is 36.7 Å². The van der Waals surface area contributed by atoms with Gasteiger partial charge in [-0.2, -0.15) is 0 Å². The number of halogens is 1. The van der Waals surface area contributed by atoms with Crippen molar-refractivity contribution >= 4 is 17.4 Å². The fourth-order valence-corrected chi connectivity index (χ4v) is 3.43. The molecule has 1 aliphatic carbocycles. The van der Waals surface area contributed by atoms with E-state index in [1.165, 1.54) is 25.7 Å². The topological polar surface area (TPSA) is 29.0 Å². The molecule has 4 heteroatoms. The molecule has 1 aromatic rings. The summed E-state index contributed by atoms with van der Waals surface area (Å²) in [5.41, 5.74) is 1.72. The van der Waals surface area contributed by atoms with E-state index < -0.39 is 0 Å². The van der Waals surface area contributed by atoms with Crippen LogP contribution < -0.4 is 4.90 Å². The van der Waals surface area contributed by atoms with E-state index in [9.17, 15) is 0 Å². The minimum absolute atomic E-state index is 0.606. The van der Waals surface area contributed by atoms with Gasteiger partial charge in [0.05, 0.1) is 0 Å². The Hall–Kier alpha value is -0.830. The zero-order valence-electron chi connectivity index (χ0n) is 11.2. The molecule has 98 valence electrons. The van der Waals surface area contributed by atoms with Crippen molar-refractivity contribution in [1.29, 1.82) is 0 Å². The Bertz CT molecular complexity index is 468.